The number of aliphatic carboxylic acids is 1. The topological polar surface area (TPSA) is 108 Å². The van der Waals surface area contributed by atoms with Crippen LogP contribution in [0.4, 0.5) is 26.3 Å². The number of carboxylic acids is 1. The molecule has 31 heavy (non-hydrogen) atoms. The molecule has 2 N–H and O–H groups in total. The van der Waals surface area contributed by atoms with Crippen molar-refractivity contribution in [2.75, 3.05) is 5.75 Å². The Morgan fingerprint density at radius 1 is 1.00 bits per heavy atom. The predicted octanol–water partition coefficient (Wildman–Crippen LogP) is 4.05. The number of alkyl halides is 6. The van der Waals surface area contributed by atoms with E-state index in [1.807, 2.05) is 0 Å². The standard InChI is InChI=1S/C18H14F6N2O4S/c19-17(20,21)11-4-1-2-6-13(11)31(29,30)9-7-10(16(27)28)14(25)15-12(18(22,23)24)5-3-8-26-15/h1-6,8,10,25H,7,9H2,(H,27,28). The molecule has 0 aliphatic heterocycles. The highest BCUT2D eigenvalue weighted by Gasteiger charge is 2.39. The van der Waals surface area contributed by atoms with E-state index in [0.29, 0.717) is 18.2 Å². The van der Waals surface area contributed by atoms with Crippen LogP contribution in [0.3, 0.4) is 0 Å². The van der Waals surface area contributed by atoms with Gasteiger partial charge in [-0.2, -0.15) is 26.3 Å². The number of hydrogen-bond acceptors (Lipinski definition) is 5. The van der Waals surface area contributed by atoms with Gasteiger partial charge < -0.3 is 10.5 Å². The normalized spacial score (nSPS) is 13.6. The zero-order chi connectivity index (χ0) is 23.6. The number of aromatic nitrogens is 1. The molecular formula is C18H14F6N2O4S. The van der Waals surface area contributed by atoms with Gasteiger partial charge in [-0.25, -0.2) is 8.42 Å². The van der Waals surface area contributed by atoms with Crippen LogP contribution in [-0.4, -0.2) is 35.9 Å². The Hall–Kier alpha value is -2.96. The highest BCUT2D eigenvalue weighted by molar-refractivity contribution is 7.91. The van der Waals surface area contributed by atoms with E-state index >= 15 is 0 Å². The second kappa shape index (κ2) is 8.65. The van der Waals surface area contributed by atoms with Crippen molar-refractivity contribution in [3.63, 3.8) is 0 Å². The molecule has 168 valence electrons. The summed E-state index contributed by atoms with van der Waals surface area (Å²) in [6.45, 7) is 0. The number of halogens is 6. The maximum Gasteiger partial charge on any atom is 0.418 e. The van der Waals surface area contributed by atoms with E-state index < -0.39 is 73.7 Å². The van der Waals surface area contributed by atoms with Crippen molar-refractivity contribution >= 4 is 21.5 Å². The molecule has 0 bridgehead atoms. The monoisotopic (exact) mass is 468 g/mol. The summed E-state index contributed by atoms with van der Waals surface area (Å²) in [5.74, 6) is -5.01. The molecule has 0 saturated heterocycles. The first-order valence-electron chi connectivity index (χ1n) is 8.39. The molecule has 0 saturated carbocycles. The second-order valence-corrected chi connectivity index (χ2v) is 8.38. The molecule has 2 aromatic rings. The highest BCUT2D eigenvalue weighted by atomic mass is 32.2. The summed E-state index contributed by atoms with van der Waals surface area (Å²) in [7, 11) is -4.68. The molecular weight excluding hydrogens is 454 g/mol. The molecule has 0 spiro atoms. The number of benzene rings is 1. The Bertz CT molecular complexity index is 1100. The number of carboxylic acid groups (broad SMARTS) is 1. The van der Waals surface area contributed by atoms with Crippen LogP contribution < -0.4 is 0 Å². The number of rotatable bonds is 7. The second-order valence-electron chi connectivity index (χ2n) is 6.30. The number of sulfone groups is 1. The molecule has 1 unspecified atom stereocenters. The minimum absolute atomic E-state index is 0.535. The summed E-state index contributed by atoms with van der Waals surface area (Å²) in [6, 6.07) is 4.74. The van der Waals surface area contributed by atoms with Crippen molar-refractivity contribution < 1.29 is 44.7 Å². The molecule has 0 aliphatic carbocycles. The summed E-state index contributed by atoms with van der Waals surface area (Å²) < 4.78 is 104. The van der Waals surface area contributed by atoms with Crippen molar-refractivity contribution in [3.8, 4) is 0 Å². The lowest BCUT2D eigenvalue weighted by atomic mass is 9.95. The Morgan fingerprint density at radius 3 is 2.10 bits per heavy atom. The van der Waals surface area contributed by atoms with E-state index in [4.69, 9.17) is 5.41 Å². The van der Waals surface area contributed by atoms with E-state index in [2.05, 4.69) is 4.98 Å². The first-order valence-corrected chi connectivity index (χ1v) is 10.0. The molecule has 2 rings (SSSR count). The van der Waals surface area contributed by atoms with Gasteiger partial charge in [0.15, 0.2) is 9.84 Å². The number of carbonyl (C=O) groups is 1. The summed E-state index contributed by atoms with van der Waals surface area (Å²) in [4.78, 5) is 13.8. The number of nitrogens with one attached hydrogen (secondary N) is 1. The quantitative estimate of drug-likeness (QED) is 0.471. The van der Waals surface area contributed by atoms with Gasteiger partial charge in [0, 0.05) is 6.20 Å². The Balaban J connectivity index is 2.37. The van der Waals surface area contributed by atoms with E-state index in [0.717, 1.165) is 24.4 Å². The summed E-state index contributed by atoms with van der Waals surface area (Å²) >= 11 is 0. The lowest BCUT2D eigenvalue weighted by molar-refractivity contribution is -0.140. The molecule has 0 fully saturated rings. The number of nitrogens with zero attached hydrogens (tertiary/aromatic N) is 1. The van der Waals surface area contributed by atoms with Crippen LogP contribution in [0, 0.1) is 11.3 Å². The van der Waals surface area contributed by atoms with Crippen molar-refractivity contribution in [2.45, 2.75) is 23.7 Å². The van der Waals surface area contributed by atoms with Crippen LogP contribution in [0.15, 0.2) is 47.5 Å². The number of hydrogen-bond donors (Lipinski definition) is 2. The zero-order valence-corrected chi connectivity index (χ0v) is 16.1. The van der Waals surface area contributed by atoms with Crippen LogP contribution in [-0.2, 0) is 27.0 Å². The third kappa shape index (κ3) is 5.60. The first-order chi connectivity index (χ1) is 14.2. The van der Waals surface area contributed by atoms with Crippen molar-refractivity contribution in [2.24, 2.45) is 5.92 Å². The molecule has 0 aliphatic rings. The maximum absolute atomic E-state index is 13.1. The summed E-state index contributed by atoms with van der Waals surface area (Å²) in [6.07, 6.45) is -10.0. The van der Waals surface area contributed by atoms with Gasteiger partial charge in [-0.05, 0) is 30.7 Å². The van der Waals surface area contributed by atoms with Crippen molar-refractivity contribution in [1.29, 1.82) is 5.41 Å². The van der Waals surface area contributed by atoms with E-state index in [1.165, 1.54) is 0 Å². The van der Waals surface area contributed by atoms with Gasteiger partial charge in [0.1, 0.15) is 5.92 Å². The van der Waals surface area contributed by atoms with E-state index in [9.17, 15) is 44.7 Å². The van der Waals surface area contributed by atoms with Gasteiger partial charge in [-0.15, -0.1) is 0 Å². The third-order valence-corrected chi connectivity index (χ3v) is 6.02. The average molecular weight is 468 g/mol. The fourth-order valence-electron chi connectivity index (χ4n) is 2.76. The van der Waals surface area contributed by atoms with Crippen LogP contribution >= 0.6 is 0 Å². The first kappa shape index (κ1) is 24.3. The van der Waals surface area contributed by atoms with Gasteiger partial charge in [0.2, 0.25) is 0 Å². The SMILES string of the molecule is N=C(c1ncccc1C(F)(F)F)C(CCS(=O)(=O)c1ccccc1C(F)(F)F)C(=O)O. The van der Waals surface area contributed by atoms with Crippen molar-refractivity contribution in [1.82, 2.24) is 4.98 Å². The molecule has 1 aromatic carbocycles. The number of pyridine rings is 1. The summed E-state index contributed by atoms with van der Waals surface area (Å²) in [5, 5.41) is 17.2. The van der Waals surface area contributed by atoms with E-state index in [-0.39, 0.29) is 0 Å². The smallest absolute Gasteiger partial charge is 0.418 e. The predicted molar refractivity (Wildman–Crippen MR) is 95.3 cm³/mol. The minimum Gasteiger partial charge on any atom is -0.481 e. The third-order valence-electron chi connectivity index (χ3n) is 4.22. The van der Waals surface area contributed by atoms with Crippen LogP contribution in [0.25, 0.3) is 0 Å². The Kier molecular flexibility index (Phi) is 6.78. The molecule has 1 heterocycles. The lowest BCUT2D eigenvalue weighted by Crippen LogP contribution is -2.29. The van der Waals surface area contributed by atoms with Gasteiger partial charge in [-0.1, -0.05) is 12.1 Å². The fraction of sp³-hybridized carbons (Fsp3) is 0.278. The summed E-state index contributed by atoms with van der Waals surface area (Å²) in [5.41, 5.74) is -4.97. The lowest BCUT2D eigenvalue weighted by Gasteiger charge is -2.18. The van der Waals surface area contributed by atoms with Gasteiger partial charge >= 0.3 is 18.3 Å². The van der Waals surface area contributed by atoms with Crippen LogP contribution in [0.1, 0.15) is 23.2 Å². The Labute approximate surface area is 172 Å². The van der Waals surface area contributed by atoms with Crippen LogP contribution in [0.5, 0.6) is 0 Å². The van der Waals surface area contributed by atoms with Crippen LogP contribution in [0.2, 0.25) is 0 Å². The molecule has 1 aromatic heterocycles. The maximum atomic E-state index is 13.1. The molecule has 13 heteroatoms. The highest BCUT2D eigenvalue weighted by Crippen LogP contribution is 2.35. The minimum atomic E-state index is -5.00. The van der Waals surface area contributed by atoms with Crippen molar-refractivity contribution in [3.05, 3.63) is 59.4 Å². The van der Waals surface area contributed by atoms with E-state index in [1.54, 1.807) is 0 Å². The van der Waals surface area contributed by atoms with Gasteiger partial charge in [0.05, 0.1) is 33.2 Å². The molecule has 0 radical (unpaired) electrons. The molecule has 1 atom stereocenters. The largest absolute Gasteiger partial charge is 0.481 e. The average Bonchev–Trinajstić information content (AvgIpc) is 2.66. The van der Waals surface area contributed by atoms with Gasteiger partial charge in [0.25, 0.3) is 0 Å². The zero-order valence-electron chi connectivity index (χ0n) is 15.3. The Morgan fingerprint density at radius 2 is 1.55 bits per heavy atom. The molecule has 0 amide bonds. The fourth-order valence-corrected chi connectivity index (χ4v) is 4.33. The van der Waals surface area contributed by atoms with Gasteiger partial charge in [-0.3, -0.25) is 9.78 Å². The molecule has 6 nitrogen and oxygen atoms in total.